The number of nitrogens with zero attached hydrogens (tertiary/aromatic N) is 1. The van der Waals surface area contributed by atoms with Gasteiger partial charge >= 0.3 is 0 Å². The molecule has 2 fully saturated rings. The molecule has 4 aliphatic rings. The highest BCUT2D eigenvalue weighted by atomic mass is 16.3. The van der Waals surface area contributed by atoms with Crippen molar-refractivity contribution in [2.24, 2.45) is 34.0 Å². The van der Waals surface area contributed by atoms with Crippen LogP contribution in [0.15, 0.2) is 23.3 Å². The highest BCUT2D eigenvalue weighted by Gasteiger charge is 2.64. The molecule has 0 unspecified atom stereocenters. The Morgan fingerprint density at radius 3 is 2.30 bits per heavy atom. The Bertz CT molecular complexity index is 737. The van der Waals surface area contributed by atoms with Gasteiger partial charge in [0.2, 0.25) is 0 Å². The van der Waals surface area contributed by atoms with Crippen molar-refractivity contribution < 1.29 is 5.11 Å². The van der Waals surface area contributed by atoms with Crippen LogP contribution in [-0.4, -0.2) is 49.3 Å². The van der Waals surface area contributed by atoms with Gasteiger partial charge in [-0.25, -0.2) is 0 Å². The van der Waals surface area contributed by atoms with E-state index < -0.39 is 0 Å². The topological polar surface area (TPSA) is 35.5 Å². The Morgan fingerprint density at radius 1 is 1.03 bits per heavy atom. The van der Waals surface area contributed by atoms with Crippen LogP contribution in [0.1, 0.15) is 73.1 Å². The van der Waals surface area contributed by atoms with Crippen LogP contribution < -0.4 is 5.32 Å². The molecule has 0 aromatic heterocycles. The molecule has 0 aromatic carbocycles. The zero-order chi connectivity index (χ0) is 22.1. The predicted molar refractivity (Wildman–Crippen MR) is 126 cm³/mol. The molecular weight excluding hydrogens is 368 g/mol. The molecule has 0 bridgehead atoms. The average molecular weight is 415 g/mol. The molecule has 0 radical (unpaired) electrons. The number of nitrogens with one attached hydrogen (secondary N) is 1. The molecule has 2 N–H and O–H groups in total. The Labute approximate surface area is 185 Å². The summed E-state index contributed by atoms with van der Waals surface area (Å²) >= 11 is 0. The van der Waals surface area contributed by atoms with Gasteiger partial charge in [0, 0.05) is 18.0 Å². The van der Waals surface area contributed by atoms with Crippen LogP contribution in [0.5, 0.6) is 0 Å². The number of aliphatic hydroxyl groups is 1. The second-order valence-corrected chi connectivity index (χ2v) is 12.4. The maximum absolute atomic E-state index is 11.3. The van der Waals surface area contributed by atoms with Gasteiger partial charge in [-0.3, -0.25) is 0 Å². The van der Waals surface area contributed by atoms with E-state index in [1.165, 1.54) is 19.3 Å². The lowest BCUT2D eigenvalue weighted by Gasteiger charge is -2.54. The Balaban J connectivity index is 1.69. The molecule has 4 aliphatic carbocycles. The lowest BCUT2D eigenvalue weighted by molar-refractivity contribution is -0.0235. The molecule has 2 saturated carbocycles. The first-order valence-electron chi connectivity index (χ1n) is 12.4. The Morgan fingerprint density at radius 2 is 1.67 bits per heavy atom. The SMILES string of the molecule is CN[C@H]1CC=C2CC3=CC[C@]4(C)[C@@H]([C@H](C)N(C)C)[C@H](O)C[C@@]4(C)[C@@H]3CC[C@H]2C1(C)C. The van der Waals surface area contributed by atoms with E-state index >= 15 is 0 Å². The largest absolute Gasteiger partial charge is 0.393 e. The molecule has 30 heavy (non-hydrogen) atoms. The summed E-state index contributed by atoms with van der Waals surface area (Å²) in [5.41, 5.74) is 4.04. The van der Waals surface area contributed by atoms with E-state index in [2.05, 4.69) is 78.1 Å². The second kappa shape index (κ2) is 7.46. The number of fused-ring (bicyclic) bond motifs is 4. The molecule has 170 valence electrons. The zero-order valence-corrected chi connectivity index (χ0v) is 20.8. The van der Waals surface area contributed by atoms with E-state index in [0.29, 0.717) is 35.3 Å². The first-order valence-corrected chi connectivity index (χ1v) is 12.4. The molecule has 3 nitrogen and oxygen atoms in total. The fourth-order valence-electron chi connectivity index (χ4n) is 8.53. The van der Waals surface area contributed by atoms with Crippen LogP contribution in [0.3, 0.4) is 0 Å². The maximum atomic E-state index is 11.3. The fourth-order valence-corrected chi connectivity index (χ4v) is 8.53. The summed E-state index contributed by atoms with van der Waals surface area (Å²) in [5.74, 6) is 1.62. The van der Waals surface area contributed by atoms with E-state index in [-0.39, 0.29) is 16.9 Å². The highest BCUT2D eigenvalue weighted by molar-refractivity contribution is 5.33. The minimum absolute atomic E-state index is 0.164. The molecule has 0 aliphatic heterocycles. The molecule has 0 aromatic rings. The summed E-state index contributed by atoms with van der Waals surface area (Å²) < 4.78 is 0. The number of hydrogen-bond acceptors (Lipinski definition) is 3. The van der Waals surface area contributed by atoms with Crippen molar-refractivity contribution in [3.63, 3.8) is 0 Å². The summed E-state index contributed by atoms with van der Waals surface area (Å²) in [6.45, 7) is 12.3. The summed E-state index contributed by atoms with van der Waals surface area (Å²) in [6.07, 6.45) is 12.0. The molecular formula is C27H46N2O. The number of allylic oxidation sites excluding steroid dienone is 3. The molecule has 0 saturated heterocycles. The minimum atomic E-state index is -0.194. The zero-order valence-electron chi connectivity index (χ0n) is 20.8. The molecule has 0 amide bonds. The van der Waals surface area contributed by atoms with Crippen LogP contribution in [-0.2, 0) is 0 Å². The number of aliphatic hydroxyl groups excluding tert-OH is 1. The smallest absolute Gasteiger partial charge is 0.0594 e. The van der Waals surface area contributed by atoms with Crippen molar-refractivity contribution in [2.45, 2.75) is 91.3 Å². The quantitative estimate of drug-likeness (QED) is 0.637. The summed E-state index contributed by atoms with van der Waals surface area (Å²) in [4.78, 5) is 2.32. The molecule has 3 heteroatoms. The van der Waals surface area contributed by atoms with E-state index in [4.69, 9.17) is 0 Å². The lowest BCUT2D eigenvalue weighted by Crippen LogP contribution is -2.50. The average Bonchev–Trinajstić information content (AvgIpc) is 2.79. The Hall–Kier alpha value is -0.640. The van der Waals surface area contributed by atoms with E-state index in [1.807, 2.05) is 0 Å². The van der Waals surface area contributed by atoms with Gasteiger partial charge in [-0.1, -0.05) is 51.0 Å². The van der Waals surface area contributed by atoms with Crippen LogP contribution in [0, 0.1) is 34.0 Å². The van der Waals surface area contributed by atoms with Gasteiger partial charge in [-0.2, -0.15) is 0 Å². The summed E-state index contributed by atoms with van der Waals surface area (Å²) in [5, 5.41) is 14.9. The van der Waals surface area contributed by atoms with Crippen molar-refractivity contribution in [1.29, 1.82) is 0 Å². The first kappa shape index (κ1) is 22.6. The van der Waals surface area contributed by atoms with Crippen LogP contribution in [0.4, 0.5) is 0 Å². The van der Waals surface area contributed by atoms with Gasteiger partial charge in [0.15, 0.2) is 0 Å². The third kappa shape index (κ3) is 3.02. The van der Waals surface area contributed by atoms with Gasteiger partial charge in [0.1, 0.15) is 0 Å². The van der Waals surface area contributed by atoms with Gasteiger partial charge in [0.05, 0.1) is 6.10 Å². The van der Waals surface area contributed by atoms with Gasteiger partial charge in [-0.05, 0) is 94.7 Å². The van der Waals surface area contributed by atoms with Gasteiger partial charge in [0.25, 0.3) is 0 Å². The number of rotatable bonds is 3. The normalized spacial score (nSPS) is 46.3. The predicted octanol–water partition coefficient (Wildman–Crippen LogP) is 5.02. The third-order valence-corrected chi connectivity index (χ3v) is 10.8. The molecule has 8 atom stereocenters. The van der Waals surface area contributed by atoms with Crippen LogP contribution >= 0.6 is 0 Å². The van der Waals surface area contributed by atoms with E-state index in [9.17, 15) is 5.11 Å². The standard InChI is InChI=1S/C27H46N2O/c1-17(29(7)8)24-22(30)16-27(5)21-11-10-20-18(9-12-23(28-6)25(20,2)3)15-19(21)13-14-26(24,27)4/h9,13,17,20-24,28,30H,10-12,14-16H2,1-8H3/t17-,20+,21+,22+,23-,24-,26+,27-/m0/s1. The van der Waals surface area contributed by atoms with Crippen LogP contribution in [0.25, 0.3) is 0 Å². The maximum Gasteiger partial charge on any atom is 0.0594 e. The van der Waals surface area contributed by atoms with Crippen molar-refractivity contribution in [2.75, 3.05) is 21.1 Å². The minimum Gasteiger partial charge on any atom is -0.393 e. The summed E-state index contributed by atoms with van der Waals surface area (Å²) in [6, 6.07) is 0.966. The van der Waals surface area contributed by atoms with E-state index in [0.717, 1.165) is 19.3 Å². The van der Waals surface area contributed by atoms with Gasteiger partial charge < -0.3 is 15.3 Å². The lowest BCUT2D eigenvalue weighted by atomic mass is 9.51. The first-order chi connectivity index (χ1) is 14.0. The molecule has 0 heterocycles. The van der Waals surface area contributed by atoms with E-state index in [1.54, 1.807) is 11.1 Å². The van der Waals surface area contributed by atoms with Crippen molar-refractivity contribution in [1.82, 2.24) is 10.2 Å². The van der Waals surface area contributed by atoms with Crippen molar-refractivity contribution in [3.8, 4) is 0 Å². The molecule has 0 spiro atoms. The summed E-state index contributed by atoms with van der Waals surface area (Å²) in [7, 11) is 6.47. The molecule has 4 rings (SSSR count). The fraction of sp³-hybridized carbons (Fsp3) is 0.852. The monoisotopic (exact) mass is 414 g/mol. The third-order valence-electron chi connectivity index (χ3n) is 10.8. The second-order valence-electron chi connectivity index (χ2n) is 12.4. The van der Waals surface area contributed by atoms with Crippen molar-refractivity contribution >= 4 is 0 Å². The van der Waals surface area contributed by atoms with Crippen LogP contribution in [0.2, 0.25) is 0 Å². The number of hydrogen-bond donors (Lipinski definition) is 2. The highest BCUT2D eigenvalue weighted by Crippen LogP contribution is 2.68. The van der Waals surface area contributed by atoms with Gasteiger partial charge in [-0.15, -0.1) is 0 Å². The van der Waals surface area contributed by atoms with Crippen molar-refractivity contribution in [3.05, 3.63) is 23.3 Å². The Kier molecular flexibility index (Phi) is 5.60.